The van der Waals surface area contributed by atoms with E-state index in [4.69, 9.17) is 5.11 Å². The number of hydrogen-bond acceptors (Lipinski definition) is 3. The molecule has 0 aliphatic carbocycles. The molecule has 5 heteroatoms. The molecule has 0 rings (SSSR count). The maximum atomic E-state index is 9.83. The third-order valence-electron chi connectivity index (χ3n) is 0.341. The van der Waals surface area contributed by atoms with Crippen molar-refractivity contribution in [3.8, 4) is 5.63 Å². The number of hydrogen-bond donors (Lipinski definition) is 1. The fourth-order valence-corrected chi connectivity index (χ4v) is 0.268. The van der Waals surface area contributed by atoms with Crippen LogP contribution >= 0.6 is 7.92 Å². The number of carboxylic acid groups (broad SMARTS) is 1. The van der Waals surface area contributed by atoms with E-state index < -0.39 is 19.7 Å². The number of carbonyl (C=O) groups is 2. The minimum atomic E-state index is -1.65. The zero-order valence-corrected chi connectivity index (χ0v) is 4.51. The maximum absolute atomic E-state index is 9.83. The van der Waals surface area contributed by atoms with Crippen LogP contribution in [0.5, 0.6) is 0 Å². The molecule has 0 fully saturated rings. The van der Waals surface area contributed by atoms with Crippen molar-refractivity contribution in [3.63, 3.8) is 0 Å². The predicted molar refractivity (Wildman–Crippen MR) is 24.1 cm³/mol. The molecule has 0 heterocycles. The fourth-order valence-electron chi connectivity index (χ4n) is 0.0893. The molecule has 0 amide bonds. The Morgan fingerprint density at radius 3 is 2.12 bits per heavy atom. The van der Waals surface area contributed by atoms with Crippen molar-refractivity contribution in [2.24, 2.45) is 0 Å². The second-order valence-corrected chi connectivity index (χ2v) is 1.24. The predicted octanol–water partition coefficient (Wildman–Crippen LogP) is -0.109. The molecule has 42 valence electrons. The van der Waals surface area contributed by atoms with E-state index in [0.29, 0.717) is 0 Å². The quantitative estimate of drug-likeness (QED) is 0.399. The van der Waals surface area contributed by atoms with Crippen LogP contribution in [0.4, 0.5) is 0 Å². The van der Waals surface area contributed by atoms with Crippen LogP contribution in [-0.2, 0) is 14.2 Å². The van der Waals surface area contributed by atoms with Crippen LogP contribution in [0.15, 0.2) is 0 Å². The van der Waals surface area contributed by atoms with Crippen LogP contribution in [0.1, 0.15) is 0 Å². The van der Waals surface area contributed by atoms with Crippen LogP contribution < -0.4 is 0 Å². The van der Waals surface area contributed by atoms with E-state index in [1.807, 2.05) is 0 Å². The van der Waals surface area contributed by atoms with Gasteiger partial charge in [0, 0.05) is 0 Å². The average Bonchev–Trinajstić information content (AvgIpc) is 1.67. The van der Waals surface area contributed by atoms with Crippen molar-refractivity contribution in [2.45, 2.75) is 0 Å². The first-order chi connectivity index (χ1) is 3.68. The summed E-state index contributed by atoms with van der Waals surface area (Å²) in [4.78, 5) is 19.4. The summed E-state index contributed by atoms with van der Waals surface area (Å²) in [6.07, 6.45) is 0. The summed E-state index contributed by atoms with van der Waals surface area (Å²) in [6.45, 7) is 0. The molecule has 0 bridgehead atoms. The summed E-state index contributed by atoms with van der Waals surface area (Å²) in [5.74, 6) is -2.92. The Labute approximate surface area is 45.6 Å². The summed E-state index contributed by atoms with van der Waals surface area (Å²) in [5.41, 5.74) is 1.52. The first kappa shape index (κ1) is 7.15. The van der Waals surface area contributed by atoms with Gasteiger partial charge in [0.25, 0.3) is 0 Å². The zero-order chi connectivity index (χ0) is 6.57. The standard InChI is InChI=1S/C3HO4P/c4-2(1-8-7)3(5)6/h(H,5,6). The second-order valence-electron chi connectivity index (χ2n) is 0.837. The molecule has 0 aliphatic heterocycles. The normalized spacial score (nSPS) is 7.00. The minimum absolute atomic E-state index is 0.696. The molecular formula is C3HO4P. The topological polar surface area (TPSA) is 71.4 Å². The van der Waals surface area contributed by atoms with Crippen LogP contribution in [0.2, 0.25) is 0 Å². The second kappa shape index (κ2) is 3.19. The summed E-state index contributed by atoms with van der Waals surface area (Å²) in [7, 11) is -0.696. The molecule has 0 aromatic carbocycles. The van der Waals surface area contributed by atoms with Gasteiger partial charge in [-0.25, -0.2) is 0 Å². The third-order valence-corrected chi connectivity index (χ3v) is 0.636. The van der Waals surface area contributed by atoms with Crippen LogP contribution in [0, 0.1) is 5.63 Å². The van der Waals surface area contributed by atoms with Gasteiger partial charge in [0.05, 0.1) is 0 Å². The number of carboxylic acids is 1. The van der Waals surface area contributed by atoms with E-state index in [0.717, 1.165) is 0 Å². The number of ketones is 1. The third kappa shape index (κ3) is 2.35. The van der Waals surface area contributed by atoms with E-state index in [-0.39, 0.29) is 0 Å². The molecule has 0 saturated heterocycles. The van der Waals surface area contributed by atoms with Crippen LogP contribution in [0.3, 0.4) is 0 Å². The van der Waals surface area contributed by atoms with Gasteiger partial charge in [-0.05, 0) is 0 Å². The van der Waals surface area contributed by atoms with E-state index >= 15 is 0 Å². The number of carbonyl (C=O) groups excluding carboxylic acids is 1. The van der Waals surface area contributed by atoms with Crippen molar-refractivity contribution >= 4 is 19.7 Å². The fraction of sp³-hybridized carbons (Fsp3) is 0. The van der Waals surface area contributed by atoms with Gasteiger partial charge in [-0.1, -0.05) is 0 Å². The molecule has 4 nitrogen and oxygen atoms in total. The van der Waals surface area contributed by atoms with Gasteiger partial charge in [0.15, 0.2) is 0 Å². The van der Waals surface area contributed by atoms with Gasteiger partial charge in [0.1, 0.15) is 0 Å². The van der Waals surface area contributed by atoms with E-state index in [2.05, 4.69) is 0 Å². The van der Waals surface area contributed by atoms with E-state index in [1.165, 1.54) is 5.63 Å². The SMILES string of the molecule is O=P#CC(=O)C(=O)O. The first-order valence-corrected chi connectivity index (χ1v) is 2.35. The summed E-state index contributed by atoms with van der Waals surface area (Å²) >= 11 is 0. The van der Waals surface area contributed by atoms with Gasteiger partial charge < -0.3 is 0 Å². The number of Topliss-reactive ketones (excluding diaryl/α,β-unsaturated/α-hetero) is 1. The molecule has 0 aromatic rings. The van der Waals surface area contributed by atoms with Crippen LogP contribution in [-0.4, -0.2) is 16.9 Å². The van der Waals surface area contributed by atoms with Crippen molar-refractivity contribution in [3.05, 3.63) is 0 Å². The Morgan fingerprint density at radius 1 is 1.50 bits per heavy atom. The first-order valence-electron chi connectivity index (χ1n) is 1.54. The molecule has 1 N–H and O–H groups in total. The van der Waals surface area contributed by atoms with Gasteiger partial charge in [-0.3, -0.25) is 0 Å². The Balaban J connectivity index is 4.20. The Hall–Kier alpha value is -0.850. The van der Waals surface area contributed by atoms with E-state index in [9.17, 15) is 14.2 Å². The molecule has 0 aliphatic rings. The molecule has 0 aromatic heterocycles. The monoisotopic (exact) mass is 132 g/mol. The summed E-state index contributed by atoms with van der Waals surface area (Å²) in [6, 6.07) is 0. The molecule has 0 unspecified atom stereocenters. The van der Waals surface area contributed by atoms with Crippen molar-refractivity contribution in [1.29, 1.82) is 0 Å². The van der Waals surface area contributed by atoms with Gasteiger partial charge in [-0.2, -0.15) is 0 Å². The number of rotatable bonds is 1. The Kier molecular flexibility index (Phi) is 2.85. The average molecular weight is 132 g/mol. The van der Waals surface area contributed by atoms with Crippen molar-refractivity contribution < 1.29 is 19.3 Å². The molecule has 8 heavy (non-hydrogen) atoms. The Morgan fingerprint density at radius 2 is 2.00 bits per heavy atom. The van der Waals surface area contributed by atoms with Gasteiger partial charge in [0.2, 0.25) is 0 Å². The zero-order valence-electron chi connectivity index (χ0n) is 3.62. The van der Waals surface area contributed by atoms with Crippen LogP contribution in [0.25, 0.3) is 0 Å². The molecular weight excluding hydrogens is 131 g/mol. The molecule has 0 saturated carbocycles. The molecule has 0 radical (unpaired) electrons. The van der Waals surface area contributed by atoms with Crippen molar-refractivity contribution in [1.82, 2.24) is 0 Å². The van der Waals surface area contributed by atoms with Gasteiger partial charge >= 0.3 is 44.6 Å². The van der Waals surface area contributed by atoms with E-state index in [1.54, 1.807) is 0 Å². The Bertz CT molecular complexity index is 210. The van der Waals surface area contributed by atoms with Gasteiger partial charge in [-0.15, -0.1) is 0 Å². The molecule has 0 spiro atoms. The summed E-state index contributed by atoms with van der Waals surface area (Å²) in [5, 5.41) is 7.76. The molecule has 0 atom stereocenters. The summed E-state index contributed by atoms with van der Waals surface area (Å²) < 4.78 is 9.42. The van der Waals surface area contributed by atoms with Crippen molar-refractivity contribution in [2.75, 3.05) is 0 Å². The number of aliphatic carboxylic acids is 1.